The van der Waals surface area contributed by atoms with Crippen molar-refractivity contribution in [1.82, 2.24) is 20.0 Å². The SMILES string of the molecule is CCN1CCC2(CN(C(=O)N(C)C)CC23CCNCC3)C1=O.O=C(O)C(F)(F)F. The van der Waals surface area contributed by atoms with Gasteiger partial charge in [-0.15, -0.1) is 0 Å². The molecule has 3 rings (SSSR count). The monoisotopic (exact) mass is 422 g/mol. The number of fused-ring (bicyclic) bond motifs is 1. The third-order valence-electron chi connectivity index (χ3n) is 6.31. The highest BCUT2D eigenvalue weighted by Crippen LogP contribution is 2.57. The van der Waals surface area contributed by atoms with Crippen LogP contribution in [0.25, 0.3) is 0 Å². The van der Waals surface area contributed by atoms with Crippen LogP contribution < -0.4 is 5.32 Å². The second-order valence-electron chi connectivity index (χ2n) is 8.08. The van der Waals surface area contributed by atoms with Crippen LogP contribution in [0.1, 0.15) is 26.2 Å². The van der Waals surface area contributed by atoms with E-state index in [9.17, 15) is 22.8 Å². The van der Waals surface area contributed by atoms with Crippen LogP contribution in [-0.4, -0.2) is 97.3 Å². The summed E-state index contributed by atoms with van der Waals surface area (Å²) >= 11 is 0. The molecular formula is C18H29F3N4O4. The molecule has 3 fully saturated rings. The number of carbonyl (C=O) groups is 3. The van der Waals surface area contributed by atoms with Crippen LogP contribution in [0.15, 0.2) is 0 Å². The standard InChI is InChI=1S/C16H28N4O2.C2HF3O2/c1-4-19-10-7-16(13(19)21)12-20(14(22)18(2)3)11-15(16)5-8-17-9-6-15;3-2(4,5)1(6)7/h17H,4-12H2,1-3H3;(H,6,7). The molecule has 0 aromatic rings. The number of hydrogen-bond acceptors (Lipinski definition) is 4. The molecule has 1 atom stereocenters. The van der Waals surface area contributed by atoms with Crippen molar-refractivity contribution in [1.29, 1.82) is 0 Å². The van der Waals surface area contributed by atoms with Crippen molar-refractivity contribution in [2.24, 2.45) is 10.8 Å². The summed E-state index contributed by atoms with van der Waals surface area (Å²) in [5.74, 6) is -2.47. The zero-order valence-electron chi connectivity index (χ0n) is 17.0. The smallest absolute Gasteiger partial charge is 0.475 e. The zero-order chi connectivity index (χ0) is 22.0. The third kappa shape index (κ3) is 4.29. The normalized spacial score (nSPS) is 25.9. The fourth-order valence-corrected chi connectivity index (χ4v) is 4.80. The van der Waals surface area contributed by atoms with Gasteiger partial charge in [0.1, 0.15) is 0 Å². The van der Waals surface area contributed by atoms with Gasteiger partial charge in [0.15, 0.2) is 0 Å². The fourth-order valence-electron chi connectivity index (χ4n) is 4.80. The van der Waals surface area contributed by atoms with E-state index in [1.165, 1.54) is 0 Å². The van der Waals surface area contributed by atoms with Gasteiger partial charge in [0.25, 0.3) is 0 Å². The Bertz CT molecular complexity index is 650. The van der Waals surface area contributed by atoms with E-state index in [2.05, 4.69) is 5.32 Å². The van der Waals surface area contributed by atoms with Gasteiger partial charge in [-0.3, -0.25) is 4.79 Å². The maximum atomic E-state index is 13.1. The number of carbonyl (C=O) groups excluding carboxylic acids is 2. The Labute approximate surface area is 168 Å². The van der Waals surface area contributed by atoms with Crippen molar-refractivity contribution >= 4 is 17.9 Å². The number of hydrogen-bond donors (Lipinski definition) is 2. The third-order valence-corrected chi connectivity index (χ3v) is 6.31. The zero-order valence-corrected chi connectivity index (χ0v) is 17.0. The number of rotatable bonds is 1. The summed E-state index contributed by atoms with van der Waals surface area (Å²) in [5, 5.41) is 10.5. The highest BCUT2D eigenvalue weighted by Gasteiger charge is 2.65. The first-order valence-corrected chi connectivity index (χ1v) is 9.67. The molecule has 0 aliphatic carbocycles. The van der Waals surface area contributed by atoms with E-state index in [1.807, 2.05) is 16.7 Å². The predicted molar refractivity (Wildman–Crippen MR) is 98.2 cm³/mol. The van der Waals surface area contributed by atoms with Crippen molar-refractivity contribution in [2.45, 2.75) is 32.4 Å². The number of alkyl halides is 3. The van der Waals surface area contributed by atoms with E-state index in [4.69, 9.17) is 9.90 Å². The molecule has 2 N–H and O–H groups in total. The van der Waals surface area contributed by atoms with E-state index in [0.29, 0.717) is 6.54 Å². The molecule has 3 aliphatic heterocycles. The Morgan fingerprint density at radius 3 is 2.14 bits per heavy atom. The summed E-state index contributed by atoms with van der Waals surface area (Å²) in [5.41, 5.74) is -0.387. The lowest BCUT2D eigenvalue weighted by atomic mass is 9.60. The summed E-state index contributed by atoms with van der Waals surface area (Å²) in [6.07, 6.45) is -2.20. The molecule has 1 unspecified atom stereocenters. The Balaban J connectivity index is 0.000000370. The van der Waals surface area contributed by atoms with Crippen molar-refractivity contribution in [3.8, 4) is 0 Å². The lowest BCUT2D eigenvalue weighted by Crippen LogP contribution is -2.51. The minimum Gasteiger partial charge on any atom is -0.475 e. The van der Waals surface area contributed by atoms with Crippen LogP contribution in [0.3, 0.4) is 0 Å². The van der Waals surface area contributed by atoms with Crippen molar-refractivity contribution in [3.63, 3.8) is 0 Å². The van der Waals surface area contributed by atoms with Crippen LogP contribution in [0.2, 0.25) is 0 Å². The van der Waals surface area contributed by atoms with Crippen molar-refractivity contribution in [3.05, 3.63) is 0 Å². The highest BCUT2D eigenvalue weighted by molar-refractivity contribution is 5.88. The largest absolute Gasteiger partial charge is 0.490 e. The van der Waals surface area contributed by atoms with E-state index in [1.54, 1.807) is 19.0 Å². The second-order valence-corrected chi connectivity index (χ2v) is 8.08. The summed E-state index contributed by atoms with van der Waals surface area (Å²) in [6.45, 7) is 6.89. The van der Waals surface area contributed by atoms with Crippen LogP contribution in [0.4, 0.5) is 18.0 Å². The number of halogens is 3. The Morgan fingerprint density at radius 2 is 1.72 bits per heavy atom. The van der Waals surface area contributed by atoms with Crippen LogP contribution in [-0.2, 0) is 9.59 Å². The van der Waals surface area contributed by atoms with E-state index in [-0.39, 0.29) is 22.8 Å². The van der Waals surface area contributed by atoms with Crippen LogP contribution in [0, 0.1) is 10.8 Å². The molecule has 8 nitrogen and oxygen atoms in total. The number of piperidine rings is 1. The van der Waals surface area contributed by atoms with Gasteiger partial charge in [-0.05, 0) is 39.3 Å². The van der Waals surface area contributed by atoms with Crippen molar-refractivity contribution < 1.29 is 32.7 Å². The maximum absolute atomic E-state index is 13.1. The van der Waals surface area contributed by atoms with E-state index < -0.39 is 12.1 Å². The molecule has 166 valence electrons. The van der Waals surface area contributed by atoms with Gasteiger partial charge in [-0.2, -0.15) is 13.2 Å². The number of carboxylic acids is 1. The van der Waals surface area contributed by atoms with Gasteiger partial charge < -0.3 is 25.1 Å². The molecule has 2 spiro atoms. The van der Waals surface area contributed by atoms with Gasteiger partial charge in [-0.25, -0.2) is 9.59 Å². The first kappa shape index (κ1) is 23.2. The quantitative estimate of drug-likeness (QED) is 0.663. The average Bonchev–Trinajstić information content (AvgIpc) is 3.14. The fraction of sp³-hybridized carbons (Fsp3) is 0.833. The molecule has 3 aliphatic rings. The summed E-state index contributed by atoms with van der Waals surface area (Å²) in [4.78, 5) is 40.0. The van der Waals surface area contributed by atoms with Crippen molar-refractivity contribution in [2.75, 3.05) is 53.4 Å². The number of nitrogens with one attached hydrogen (secondary N) is 1. The van der Waals surface area contributed by atoms with E-state index >= 15 is 0 Å². The molecule has 0 aromatic carbocycles. The molecular weight excluding hydrogens is 393 g/mol. The number of likely N-dealkylation sites (tertiary alicyclic amines) is 2. The molecule has 0 radical (unpaired) electrons. The number of amides is 3. The van der Waals surface area contributed by atoms with Gasteiger partial charge in [0, 0.05) is 45.7 Å². The molecule has 0 saturated carbocycles. The molecule has 3 amide bonds. The minimum absolute atomic E-state index is 0.0368. The molecule has 0 bridgehead atoms. The summed E-state index contributed by atoms with van der Waals surface area (Å²) in [6, 6.07) is 0.0394. The highest BCUT2D eigenvalue weighted by atomic mass is 19.4. The minimum atomic E-state index is -5.08. The lowest BCUT2D eigenvalue weighted by molar-refractivity contribution is -0.192. The van der Waals surface area contributed by atoms with Gasteiger partial charge in [0.2, 0.25) is 5.91 Å². The Kier molecular flexibility index (Phi) is 6.71. The van der Waals surface area contributed by atoms with Crippen LogP contribution >= 0.6 is 0 Å². The molecule has 3 heterocycles. The molecule has 11 heteroatoms. The van der Waals surface area contributed by atoms with Crippen LogP contribution in [0.5, 0.6) is 0 Å². The topological polar surface area (TPSA) is 93.2 Å². The Morgan fingerprint density at radius 1 is 1.17 bits per heavy atom. The van der Waals surface area contributed by atoms with E-state index in [0.717, 1.165) is 52.0 Å². The molecule has 0 aromatic heterocycles. The van der Waals surface area contributed by atoms with Gasteiger partial charge in [0.05, 0.1) is 5.41 Å². The number of nitrogens with zero attached hydrogens (tertiary/aromatic N) is 3. The number of urea groups is 1. The van der Waals surface area contributed by atoms with Gasteiger partial charge in [-0.1, -0.05) is 0 Å². The predicted octanol–water partition coefficient (Wildman–Crippen LogP) is 1.23. The summed E-state index contributed by atoms with van der Waals surface area (Å²) in [7, 11) is 3.58. The first-order chi connectivity index (χ1) is 13.4. The number of carboxylic acid groups (broad SMARTS) is 1. The van der Waals surface area contributed by atoms with Gasteiger partial charge >= 0.3 is 18.2 Å². The summed E-state index contributed by atoms with van der Waals surface area (Å²) < 4.78 is 31.7. The lowest BCUT2D eigenvalue weighted by Gasteiger charge is -2.43. The molecule has 3 saturated heterocycles. The maximum Gasteiger partial charge on any atom is 0.490 e. The average molecular weight is 422 g/mol. The first-order valence-electron chi connectivity index (χ1n) is 9.67. The Hall–Kier alpha value is -2.04. The molecule has 29 heavy (non-hydrogen) atoms. The second kappa shape index (κ2) is 8.37. The number of aliphatic carboxylic acids is 1.